The Morgan fingerprint density at radius 3 is 2.89 bits per heavy atom. The molecule has 1 aromatic heterocycles. The van der Waals surface area contributed by atoms with Gasteiger partial charge in [-0.05, 0) is 36.2 Å². The van der Waals surface area contributed by atoms with Gasteiger partial charge in [0.05, 0.1) is 12.3 Å². The van der Waals surface area contributed by atoms with Gasteiger partial charge in [0.1, 0.15) is 11.4 Å². The van der Waals surface area contributed by atoms with Crippen molar-refractivity contribution in [2.75, 3.05) is 5.73 Å². The summed E-state index contributed by atoms with van der Waals surface area (Å²) in [7, 11) is 0. The van der Waals surface area contributed by atoms with E-state index in [0.29, 0.717) is 17.1 Å². The maximum Gasteiger partial charge on any atom is 0.247 e. The summed E-state index contributed by atoms with van der Waals surface area (Å²) >= 11 is 5.75. The molecule has 0 unspecified atom stereocenters. The Labute approximate surface area is 109 Å². The summed E-state index contributed by atoms with van der Waals surface area (Å²) in [6.45, 7) is 1.66. The number of aliphatic hydroxyl groups is 1. The Morgan fingerprint density at radius 1 is 1.39 bits per heavy atom. The van der Waals surface area contributed by atoms with Crippen LogP contribution in [-0.4, -0.2) is 15.1 Å². The maximum atomic E-state index is 9.04. The van der Waals surface area contributed by atoms with Gasteiger partial charge in [-0.15, -0.1) is 0 Å². The number of anilines is 1. The Hall–Kier alpha value is -1.85. The minimum absolute atomic E-state index is 0.0593. The van der Waals surface area contributed by atoms with Crippen LogP contribution in [0.2, 0.25) is 5.28 Å². The summed E-state index contributed by atoms with van der Waals surface area (Å²) < 4.78 is 5.54. The van der Waals surface area contributed by atoms with Gasteiger partial charge in [-0.3, -0.25) is 0 Å². The highest BCUT2D eigenvalue weighted by molar-refractivity contribution is 6.28. The van der Waals surface area contributed by atoms with E-state index in [1.807, 2.05) is 0 Å². The topological polar surface area (TPSA) is 81.3 Å². The van der Waals surface area contributed by atoms with Crippen molar-refractivity contribution in [1.29, 1.82) is 0 Å². The Balaban J connectivity index is 2.33. The number of benzene rings is 1. The zero-order valence-corrected chi connectivity index (χ0v) is 10.5. The molecular formula is C12H12ClN3O2. The second-order valence-corrected chi connectivity index (χ2v) is 4.04. The largest absolute Gasteiger partial charge is 0.437 e. The number of halogens is 1. The van der Waals surface area contributed by atoms with Crippen molar-refractivity contribution in [3.8, 4) is 11.6 Å². The van der Waals surface area contributed by atoms with E-state index in [0.717, 1.165) is 5.56 Å². The lowest BCUT2D eigenvalue weighted by molar-refractivity contribution is 0.281. The number of nitrogens with zero attached hydrogens (tertiary/aromatic N) is 2. The Morgan fingerprint density at radius 2 is 2.17 bits per heavy atom. The van der Waals surface area contributed by atoms with Crippen LogP contribution in [-0.2, 0) is 6.61 Å². The fraction of sp³-hybridized carbons (Fsp3) is 0.167. The number of nitrogens with two attached hydrogens (primary N) is 1. The van der Waals surface area contributed by atoms with E-state index in [1.165, 1.54) is 0 Å². The van der Waals surface area contributed by atoms with Crippen LogP contribution in [0, 0.1) is 6.92 Å². The normalized spacial score (nSPS) is 10.4. The molecule has 5 nitrogen and oxygen atoms in total. The van der Waals surface area contributed by atoms with E-state index in [4.69, 9.17) is 27.2 Å². The van der Waals surface area contributed by atoms with E-state index in [1.54, 1.807) is 31.2 Å². The van der Waals surface area contributed by atoms with E-state index in [2.05, 4.69) is 9.97 Å². The summed E-state index contributed by atoms with van der Waals surface area (Å²) in [5, 5.41) is 9.12. The zero-order valence-electron chi connectivity index (χ0n) is 9.72. The summed E-state index contributed by atoms with van der Waals surface area (Å²) in [6, 6.07) is 7.00. The van der Waals surface area contributed by atoms with Gasteiger partial charge in [0.15, 0.2) is 0 Å². The lowest BCUT2D eigenvalue weighted by Crippen LogP contribution is -2.01. The van der Waals surface area contributed by atoms with Crippen molar-refractivity contribution in [2.24, 2.45) is 0 Å². The molecule has 0 saturated heterocycles. The lowest BCUT2D eigenvalue weighted by Gasteiger charge is -2.09. The summed E-state index contributed by atoms with van der Waals surface area (Å²) in [4.78, 5) is 7.85. The van der Waals surface area contributed by atoms with Crippen molar-refractivity contribution < 1.29 is 9.84 Å². The molecule has 0 radical (unpaired) electrons. The fourth-order valence-electron chi connectivity index (χ4n) is 1.42. The fourth-order valence-corrected chi connectivity index (χ4v) is 1.62. The van der Waals surface area contributed by atoms with Crippen LogP contribution >= 0.6 is 11.6 Å². The molecule has 2 aromatic rings. The molecule has 94 valence electrons. The molecule has 1 aromatic carbocycles. The van der Waals surface area contributed by atoms with Crippen LogP contribution in [0.5, 0.6) is 11.6 Å². The first-order chi connectivity index (χ1) is 8.60. The molecule has 6 heteroatoms. The number of aliphatic hydroxyl groups excluding tert-OH is 1. The molecule has 0 aliphatic heterocycles. The van der Waals surface area contributed by atoms with Crippen LogP contribution in [0.15, 0.2) is 24.3 Å². The minimum Gasteiger partial charge on any atom is -0.437 e. The average Bonchev–Trinajstić information content (AvgIpc) is 2.35. The number of rotatable bonds is 3. The van der Waals surface area contributed by atoms with Crippen molar-refractivity contribution in [1.82, 2.24) is 9.97 Å². The number of hydrogen-bond donors (Lipinski definition) is 2. The molecule has 0 atom stereocenters. The zero-order chi connectivity index (χ0) is 13.1. The van der Waals surface area contributed by atoms with Crippen molar-refractivity contribution >= 4 is 17.3 Å². The Kier molecular flexibility index (Phi) is 3.64. The third-order valence-corrected chi connectivity index (χ3v) is 2.54. The van der Waals surface area contributed by atoms with E-state index in [9.17, 15) is 0 Å². The van der Waals surface area contributed by atoms with E-state index >= 15 is 0 Å². The van der Waals surface area contributed by atoms with Gasteiger partial charge in [0, 0.05) is 0 Å². The standard InChI is InChI=1S/C12H12ClN3O2/c1-7-10(14)11(16-12(13)15-7)18-9-4-2-3-8(5-9)6-17/h2-5,17H,6,14H2,1H3. The monoisotopic (exact) mass is 265 g/mol. The molecule has 0 bridgehead atoms. The first kappa shape index (κ1) is 12.6. The van der Waals surface area contributed by atoms with E-state index < -0.39 is 0 Å². The highest BCUT2D eigenvalue weighted by Crippen LogP contribution is 2.28. The molecule has 0 spiro atoms. The van der Waals surface area contributed by atoms with Gasteiger partial charge in [-0.2, -0.15) is 4.98 Å². The molecule has 0 aliphatic rings. The molecule has 3 N–H and O–H groups in total. The van der Waals surface area contributed by atoms with Gasteiger partial charge in [0.2, 0.25) is 11.2 Å². The van der Waals surface area contributed by atoms with Crippen LogP contribution in [0.25, 0.3) is 0 Å². The molecule has 0 amide bonds. The Bertz CT molecular complexity index is 575. The number of nitrogen functional groups attached to an aromatic ring is 1. The van der Waals surface area contributed by atoms with Crippen molar-refractivity contribution in [3.05, 3.63) is 40.8 Å². The number of aromatic nitrogens is 2. The second kappa shape index (κ2) is 5.20. The van der Waals surface area contributed by atoms with Gasteiger partial charge in [-0.1, -0.05) is 12.1 Å². The lowest BCUT2D eigenvalue weighted by atomic mass is 10.2. The quantitative estimate of drug-likeness (QED) is 0.833. The SMILES string of the molecule is Cc1nc(Cl)nc(Oc2cccc(CO)c2)c1N. The predicted molar refractivity (Wildman–Crippen MR) is 68.6 cm³/mol. The number of ether oxygens (including phenoxy) is 1. The van der Waals surface area contributed by atoms with Gasteiger partial charge >= 0.3 is 0 Å². The highest BCUT2D eigenvalue weighted by atomic mass is 35.5. The van der Waals surface area contributed by atoms with Crippen LogP contribution < -0.4 is 10.5 Å². The molecule has 1 heterocycles. The first-order valence-corrected chi connectivity index (χ1v) is 5.65. The van der Waals surface area contributed by atoms with E-state index in [-0.39, 0.29) is 17.8 Å². The van der Waals surface area contributed by atoms with Crippen LogP contribution in [0.4, 0.5) is 5.69 Å². The first-order valence-electron chi connectivity index (χ1n) is 5.27. The minimum atomic E-state index is -0.0593. The predicted octanol–water partition coefficient (Wildman–Crippen LogP) is 2.31. The summed E-state index contributed by atoms with van der Waals surface area (Å²) in [5.74, 6) is 0.741. The third-order valence-electron chi connectivity index (χ3n) is 2.37. The molecular weight excluding hydrogens is 254 g/mol. The van der Waals surface area contributed by atoms with Crippen LogP contribution in [0.3, 0.4) is 0 Å². The summed E-state index contributed by atoms with van der Waals surface area (Å²) in [6.07, 6.45) is 0. The van der Waals surface area contributed by atoms with Gasteiger partial charge in [0.25, 0.3) is 0 Å². The molecule has 18 heavy (non-hydrogen) atoms. The number of aryl methyl sites for hydroxylation is 1. The van der Waals surface area contributed by atoms with Crippen molar-refractivity contribution in [2.45, 2.75) is 13.5 Å². The second-order valence-electron chi connectivity index (χ2n) is 3.70. The molecule has 0 saturated carbocycles. The third kappa shape index (κ3) is 2.69. The molecule has 0 aliphatic carbocycles. The average molecular weight is 266 g/mol. The highest BCUT2D eigenvalue weighted by Gasteiger charge is 2.10. The number of hydrogen-bond acceptors (Lipinski definition) is 5. The molecule has 0 fully saturated rings. The summed E-state index contributed by atoms with van der Waals surface area (Å²) in [5.41, 5.74) is 7.45. The smallest absolute Gasteiger partial charge is 0.247 e. The van der Waals surface area contributed by atoms with Crippen molar-refractivity contribution in [3.63, 3.8) is 0 Å². The van der Waals surface area contributed by atoms with Gasteiger partial charge < -0.3 is 15.6 Å². The molecule has 2 rings (SSSR count). The maximum absolute atomic E-state index is 9.04. The van der Waals surface area contributed by atoms with Crippen LogP contribution in [0.1, 0.15) is 11.3 Å². The van der Waals surface area contributed by atoms with Gasteiger partial charge in [-0.25, -0.2) is 4.98 Å².